The molecule has 13 heteroatoms. The summed E-state index contributed by atoms with van der Waals surface area (Å²) in [5.41, 5.74) is 1.37. The maximum atomic E-state index is 14.6. The van der Waals surface area contributed by atoms with Gasteiger partial charge in [-0.15, -0.1) is 0 Å². The molecule has 0 atom stereocenters. The second kappa shape index (κ2) is 10.6. The van der Waals surface area contributed by atoms with E-state index >= 15 is 0 Å². The number of pyridine rings is 2. The van der Waals surface area contributed by atoms with Gasteiger partial charge in [0.25, 0.3) is 5.91 Å². The van der Waals surface area contributed by atoms with Crippen LogP contribution in [-0.2, 0) is 16.8 Å². The number of anilines is 1. The van der Waals surface area contributed by atoms with E-state index in [1.165, 1.54) is 12.3 Å². The average Bonchev–Trinajstić information content (AvgIpc) is 3.28. The monoisotopic (exact) mass is 520 g/mol. The second-order valence-corrected chi connectivity index (χ2v) is 10.1. The number of halogens is 1. The van der Waals surface area contributed by atoms with Gasteiger partial charge in [0.05, 0.1) is 69.9 Å². The molecule has 6 radical (unpaired) electrons. The number of amides is 2. The first kappa shape index (κ1) is 27.9. The van der Waals surface area contributed by atoms with E-state index in [0.717, 1.165) is 6.07 Å². The molecule has 2 N–H and O–H groups in total. The number of carbonyl (C=O) groups is 2. The van der Waals surface area contributed by atoms with Gasteiger partial charge in [-0.1, -0.05) is 5.24 Å². The van der Waals surface area contributed by atoms with Crippen LogP contribution in [0.25, 0.3) is 10.9 Å². The lowest BCUT2D eigenvalue weighted by Crippen LogP contribution is -2.50. The van der Waals surface area contributed by atoms with Crippen molar-refractivity contribution in [1.29, 1.82) is 0 Å². The average molecular weight is 520 g/mol. The summed E-state index contributed by atoms with van der Waals surface area (Å²) in [6, 6.07) is 7.29. The molecule has 39 heavy (non-hydrogen) atoms. The van der Waals surface area contributed by atoms with Gasteiger partial charge in [-0.2, -0.15) is 5.10 Å². The van der Waals surface area contributed by atoms with Gasteiger partial charge in [-0.3, -0.25) is 24.2 Å². The summed E-state index contributed by atoms with van der Waals surface area (Å²) in [5, 5.41) is 7.54. The highest BCUT2D eigenvalue weighted by Gasteiger charge is 2.20. The fraction of sp³-hybridized carbons (Fsp3) is 0.269. The number of hydrogen-bond donors (Lipinski definition) is 2. The van der Waals surface area contributed by atoms with Gasteiger partial charge >= 0.3 is 0 Å². The van der Waals surface area contributed by atoms with Crippen LogP contribution in [0.1, 0.15) is 42.5 Å². The van der Waals surface area contributed by atoms with E-state index in [0.29, 0.717) is 34.0 Å². The van der Waals surface area contributed by atoms with Crippen molar-refractivity contribution in [3.63, 3.8) is 0 Å². The summed E-state index contributed by atoms with van der Waals surface area (Å²) < 4.78 is 22.4. The van der Waals surface area contributed by atoms with E-state index in [4.69, 9.17) is 28.3 Å². The summed E-state index contributed by atoms with van der Waals surface area (Å²) in [7, 11) is 16.2. The number of nitrogens with zero attached hydrogens (tertiary/aromatic N) is 4. The molecule has 4 aromatic rings. The maximum Gasteiger partial charge on any atom is 0.252 e. The van der Waals surface area contributed by atoms with Crippen molar-refractivity contribution in [2.24, 2.45) is 0 Å². The molecule has 9 nitrogen and oxygen atoms in total. The van der Waals surface area contributed by atoms with Gasteiger partial charge in [0, 0.05) is 23.8 Å². The number of aromatic nitrogens is 4. The first-order valence-corrected chi connectivity index (χ1v) is 12.0. The molecule has 0 spiro atoms. The number of ether oxygens (including phenoxy) is 1. The van der Waals surface area contributed by atoms with E-state index in [9.17, 15) is 14.0 Å². The summed E-state index contributed by atoms with van der Waals surface area (Å²) in [5.74, 6) is -1.27. The van der Waals surface area contributed by atoms with Crippen LogP contribution in [0.3, 0.4) is 0 Å². The lowest BCUT2D eigenvalue weighted by atomic mass is 9.49. The number of fused-ring (bicyclic) bond motifs is 1. The molecule has 192 valence electrons. The van der Waals surface area contributed by atoms with E-state index in [1.807, 2.05) is 20.8 Å². The number of aryl methyl sites for hydroxylation is 1. The van der Waals surface area contributed by atoms with Crippen molar-refractivity contribution in [2.75, 3.05) is 5.32 Å². The van der Waals surface area contributed by atoms with Gasteiger partial charge in [0.2, 0.25) is 5.91 Å². The van der Waals surface area contributed by atoms with Crippen molar-refractivity contribution in [3.8, 4) is 11.5 Å². The van der Waals surface area contributed by atoms with Crippen molar-refractivity contribution in [3.05, 3.63) is 71.7 Å². The third-order valence-corrected chi connectivity index (χ3v) is 5.58. The normalized spacial score (nSPS) is 11.8. The molecular formula is C26H24B3FN6O3. The van der Waals surface area contributed by atoms with Crippen LogP contribution >= 0.6 is 0 Å². The number of benzene rings is 1. The minimum atomic E-state index is -2.03. The van der Waals surface area contributed by atoms with E-state index in [-0.39, 0.29) is 28.9 Å². The summed E-state index contributed by atoms with van der Waals surface area (Å²) in [6.07, 6.45) is 4.86. The minimum absolute atomic E-state index is 0.0443. The Labute approximate surface area is 229 Å². The Balaban J connectivity index is 1.52. The second-order valence-electron chi connectivity index (χ2n) is 10.1. The zero-order valence-corrected chi connectivity index (χ0v) is 21.9. The molecule has 0 fully saturated rings. The lowest BCUT2D eigenvalue weighted by molar-refractivity contribution is -0.115. The SMILES string of the molecule is [B]C([B])([B])NC(=O)c1cc2c(Oc3ccc(CC(=O)Nc4cnn(C(C)(C)C)c4)nc3C)ccnc2cc1F. The molecule has 3 heterocycles. The van der Waals surface area contributed by atoms with Crippen LogP contribution in [0, 0.1) is 12.7 Å². The summed E-state index contributed by atoms with van der Waals surface area (Å²) >= 11 is 0. The Morgan fingerprint density at radius 3 is 2.49 bits per heavy atom. The third kappa shape index (κ3) is 6.84. The van der Waals surface area contributed by atoms with Crippen molar-refractivity contribution >= 4 is 51.9 Å². The van der Waals surface area contributed by atoms with Crippen LogP contribution in [0.2, 0.25) is 0 Å². The first-order valence-electron chi connectivity index (χ1n) is 12.0. The standard InChI is InChI=1S/C26H24B3FN6O3/c1-14-21(6-5-15(33-14)9-23(37)34-16-12-32-36(13-16)25(2,3)4)39-22-7-8-31-20-11-19(30)17(10-18(20)22)24(38)35-26(27,28)29/h5-8,10-13H,9H2,1-4H3,(H,34,37)(H,35,38). The van der Waals surface area contributed by atoms with Gasteiger partial charge < -0.3 is 15.4 Å². The smallest absolute Gasteiger partial charge is 0.252 e. The number of carbonyl (C=O) groups excluding carboxylic acids is 2. The number of rotatable bonds is 7. The van der Waals surface area contributed by atoms with Gasteiger partial charge in [0.1, 0.15) is 17.3 Å². The molecule has 1 aromatic carbocycles. The predicted octanol–water partition coefficient (Wildman–Crippen LogP) is 2.85. The van der Waals surface area contributed by atoms with Crippen molar-refractivity contribution in [1.82, 2.24) is 25.1 Å². The van der Waals surface area contributed by atoms with Crippen molar-refractivity contribution in [2.45, 2.75) is 44.9 Å². The predicted molar refractivity (Wildman–Crippen MR) is 148 cm³/mol. The molecule has 0 aliphatic heterocycles. The molecule has 0 saturated heterocycles. The summed E-state index contributed by atoms with van der Waals surface area (Å²) in [4.78, 5) is 33.6. The van der Waals surface area contributed by atoms with Gasteiger partial charge in [-0.05, 0) is 52.0 Å². The Hall–Kier alpha value is -4.15. The van der Waals surface area contributed by atoms with E-state index in [2.05, 4.69) is 25.7 Å². The summed E-state index contributed by atoms with van der Waals surface area (Å²) in [6.45, 7) is 7.77. The van der Waals surface area contributed by atoms with Crippen LogP contribution in [0.4, 0.5) is 10.1 Å². The largest absolute Gasteiger partial charge is 0.455 e. The van der Waals surface area contributed by atoms with Gasteiger partial charge in [0.15, 0.2) is 0 Å². The van der Waals surface area contributed by atoms with E-state index < -0.39 is 17.0 Å². The van der Waals surface area contributed by atoms with Crippen LogP contribution in [0.5, 0.6) is 11.5 Å². The van der Waals surface area contributed by atoms with Crippen LogP contribution in [-0.4, -0.2) is 60.3 Å². The molecule has 0 unspecified atom stereocenters. The fourth-order valence-corrected chi connectivity index (χ4v) is 3.72. The van der Waals surface area contributed by atoms with E-state index in [1.54, 1.807) is 42.2 Å². The minimum Gasteiger partial charge on any atom is -0.455 e. The van der Waals surface area contributed by atoms with Gasteiger partial charge in [-0.25, -0.2) is 4.39 Å². The Bertz CT molecular complexity index is 1560. The third-order valence-electron chi connectivity index (χ3n) is 5.58. The molecule has 0 bridgehead atoms. The van der Waals surface area contributed by atoms with Crippen LogP contribution in [0.15, 0.2) is 48.9 Å². The topological polar surface area (TPSA) is 111 Å². The molecule has 4 rings (SSSR count). The zero-order valence-electron chi connectivity index (χ0n) is 21.9. The molecule has 2 amide bonds. The molecule has 0 aliphatic carbocycles. The number of hydrogen-bond acceptors (Lipinski definition) is 6. The molecular weight excluding hydrogens is 496 g/mol. The highest BCUT2D eigenvalue weighted by atomic mass is 19.1. The zero-order chi connectivity index (χ0) is 28.5. The highest BCUT2D eigenvalue weighted by molar-refractivity contribution is 6.60. The first-order chi connectivity index (χ1) is 18.2. The Morgan fingerprint density at radius 2 is 1.85 bits per heavy atom. The maximum absolute atomic E-state index is 14.6. The Kier molecular flexibility index (Phi) is 7.54. The highest BCUT2D eigenvalue weighted by Crippen LogP contribution is 2.32. The molecule has 0 aliphatic rings. The fourth-order valence-electron chi connectivity index (χ4n) is 3.72. The Morgan fingerprint density at radius 1 is 1.10 bits per heavy atom. The quantitative estimate of drug-likeness (QED) is 0.363. The lowest BCUT2D eigenvalue weighted by Gasteiger charge is -2.22. The number of nitrogens with one attached hydrogen (secondary N) is 2. The van der Waals surface area contributed by atoms with Crippen molar-refractivity contribution < 1.29 is 18.7 Å². The molecule has 3 aromatic heterocycles. The molecule has 0 saturated carbocycles. The van der Waals surface area contributed by atoms with Crippen LogP contribution < -0.4 is 15.4 Å².